The molecule has 0 radical (unpaired) electrons. The Morgan fingerprint density at radius 2 is 1.80 bits per heavy atom. The second kappa shape index (κ2) is 15.2. The van der Waals surface area contributed by atoms with Gasteiger partial charge >= 0.3 is 5.97 Å². The normalized spacial score (nSPS) is 14.2. The van der Waals surface area contributed by atoms with E-state index in [1.54, 1.807) is 68.5 Å². The van der Waals surface area contributed by atoms with E-state index in [1.165, 1.54) is 22.8 Å². The number of thiazole rings is 1. The smallest absolute Gasteiger partial charge is 0.338 e. The fourth-order valence-corrected chi connectivity index (χ4v) is 7.19. The highest BCUT2D eigenvalue weighted by Crippen LogP contribution is 2.37. The number of hydrogen-bond acceptors (Lipinski definition) is 10. The number of carbonyl (C=O) groups is 1. The molecule has 51 heavy (non-hydrogen) atoms. The summed E-state index contributed by atoms with van der Waals surface area (Å²) >= 11 is 19.9. The molecule has 0 bridgehead atoms. The zero-order valence-electron chi connectivity index (χ0n) is 27.3. The van der Waals surface area contributed by atoms with E-state index < -0.39 is 22.5 Å². The number of nitro groups is 1. The van der Waals surface area contributed by atoms with E-state index in [0.717, 1.165) is 16.9 Å². The van der Waals surface area contributed by atoms with Crippen LogP contribution in [0.4, 0.5) is 5.69 Å². The SMILES string of the molecule is CCOC(=O)C1=C(C)N=c2s/c(=C\c3ccc(OCc4ccc(Cl)cc4Cl)c(OCC)c3)c(=O)n2[C@@H]1c1ccc(-c2cc([N+](=O)[O-])ccc2Cl)o1. The molecule has 3 heterocycles. The van der Waals surface area contributed by atoms with Gasteiger partial charge in [-0.1, -0.05) is 58.3 Å². The predicted molar refractivity (Wildman–Crippen MR) is 195 cm³/mol. The Morgan fingerprint density at radius 1 is 1.00 bits per heavy atom. The van der Waals surface area contributed by atoms with Crippen LogP contribution in [0.3, 0.4) is 0 Å². The van der Waals surface area contributed by atoms with Gasteiger partial charge in [-0.3, -0.25) is 19.5 Å². The van der Waals surface area contributed by atoms with Crippen molar-refractivity contribution in [3.05, 3.63) is 140 Å². The minimum atomic E-state index is -1.05. The summed E-state index contributed by atoms with van der Waals surface area (Å²) in [4.78, 5) is 43.3. The third-order valence-corrected chi connectivity index (χ3v) is 9.70. The maximum atomic E-state index is 14.2. The van der Waals surface area contributed by atoms with E-state index in [4.69, 9.17) is 53.4 Å². The highest BCUT2D eigenvalue weighted by molar-refractivity contribution is 7.07. The molecule has 5 aromatic rings. The van der Waals surface area contributed by atoms with Crippen LogP contribution in [-0.2, 0) is 16.1 Å². The maximum absolute atomic E-state index is 14.2. The number of rotatable bonds is 11. The number of carbonyl (C=O) groups excluding carboxylic acids is 1. The monoisotopic (exact) mass is 767 g/mol. The Morgan fingerprint density at radius 3 is 2.53 bits per heavy atom. The third-order valence-electron chi connectivity index (χ3n) is 7.80. The zero-order chi connectivity index (χ0) is 36.4. The molecule has 262 valence electrons. The van der Waals surface area contributed by atoms with Crippen LogP contribution in [0.5, 0.6) is 11.5 Å². The number of halogens is 3. The van der Waals surface area contributed by atoms with Crippen LogP contribution in [-0.4, -0.2) is 28.7 Å². The molecule has 11 nitrogen and oxygen atoms in total. The van der Waals surface area contributed by atoms with Gasteiger partial charge < -0.3 is 18.6 Å². The van der Waals surface area contributed by atoms with E-state index in [2.05, 4.69) is 4.99 Å². The molecule has 1 aliphatic rings. The van der Waals surface area contributed by atoms with Crippen molar-refractivity contribution in [3.8, 4) is 22.8 Å². The molecule has 0 N–H and O–H groups in total. The van der Waals surface area contributed by atoms with E-state index in [1.807, 2.05) is 6.92 Å². The Hall–Kier alpha value is -4.88. The molecule has 2 aromatic heterocycles. The van der Waals surface area contributed by atoms with Crippen LogP contribution < -0.4 is 24.4 Å². The van der Waals surface area contributed by atoms with Gasteiger partial charge in [0, 0.05) is 33.3 Å². The van der Waals surface area contributed by atoms with Crippen molar-refractivity contribution in [1.82, 2.24) is 4.57 Å². The number of non-ortho nitro benzene ring substituents is 1. The van der Waals surface area contributed by atoms with Crippen molar-refractivity contribution in [2.75, 3.05) is 13.2 Å². The van der Waals surface area contributed by atoms with Gasteiger partial charge in [-0.15, -0.1) is 0 Å². The van der Waals surface area contributed by atoms with Gasteiger partial charge in [-0.2, -0.15) is 0 Å². The van der Waals surface area contributed by atoms with Crippen LogP contribution in [0.1, 0.15) is 43.7 Å². The summed E-state index contributed by atoms with van der Waals surface area (Å²) in [6.45, 7) is 5.81. The average molecular weight is 769 g/mol. The molecule has 0 aliphatic carbocycles. The average Bonchev–Trinajstić information content (AvgIpc) is 3.69. The highest BCUT2D eigenvalue weighted by Gasteiger charge is 2.35. The highest BCUT2D eigenvalue weighted by atomic mass is 35.5. The summed E-state index contributed by atoms with van der Waals surface area (Å²) < 4.78 is 25.2. The third kappa shape index (κ3) is 7.45. The van der Waals surface area contributed by atoms with Crippen molar-refractivity contribution in [3.63, 3.8) is 0 Å². The van der Waals surface area contributed by atoms with E-state index in [-0.39, 0.29) is 46.6 Å². The molecule has 15 heteroatoms. The first kappa shape index (κ1) is 35.9. The van der Waals surface area contributed by atoms with Crippen LogP contribution >= 0.6 is 46.1 Å². The number of ether oxygens (including phenoxy) is 3. The number of furan rings is 1. The maximum Gasteiger partial charge on any atom is 0.338 e. The van der Waals surface area contributed by atoms with Crippen molar-refractivity contribution in [1.29, 1.82) is 0 Å². The van der Waals surface area contributed by atoms with Crippen molar-refractivity contribution in [2.24, 2.45) is 4.99 Å². The molecule has 1 aliphatic heterocycles. The zero-order valence-corrected chi connectivity index (χ0v) is 30.4. The molecule has 0 fully saturated rings. The quantitative estimate of drug-likeness (QED) is 0.0752. The molecule has 0 spiro atoms. The summed E-state index contributed by atoms with van der Waals surface area (Å²) in [5, 5.41) is 12.7. The fourth-order valence-electron chi connectivity index (χ4n) is 5.47. The molecule has 1 atom stereocenters. The summed E-state index contributed by atoms with van der Waals surface area (Å²) in [7, 11) is 0. The number of benzene rings is 3. The lowest BCUT2D eigenvalue weighted by Crippen LogP contribution is -2.39. The van der Waals surface area contributed by atoms with E-state index >= 15 is 0 Å². The molecule has 3 aromatic carbocycles. The number of esters is 1. The summed E-state index contributed by atoms with van der Waals surface area (Å²) in [6.07, 6.45) is 1.70. The lowest BCUT2D eigenvalue weighted by molar-refractivity contribution is -0.384. The molecule has 6 rings (SSSR count). The first-order chi connectivity index (χ1) is 24.5. The van der Waals surface area contributed by atoms with Crippen LogP contribution in [0, 0.1) is 10.1 Å². The lowest BCUT2D eigenvalue weighted by atomic mass is 10.0. The topological polar surface area (TPSA) is 135 Å². The second-order valence-electron chi connectivity index (χ2n) is 11.1. The Labute approximate surface area is 309 Å². The predicted octanol–water partition coefficient (Wildman–Crippen LogP) is 7.90. The Kier molecular flexibility index (Phi) is 10.7. The lowest BCUT2D eigenvalue weighted by Gasteiger charge is -2.22. The van der Waals surface area contributed by atoms with Gasteiger partial charge in [0.25, 0.3) is 11.2 Å². The first-order valence-corrected chi connectivity index (χ1v) is 17.5. The van der Waals surface area contributed by atoms with Gasteiger partial charge in [-0.25, -0.2) is 9.79 Å². The number of nitro benzene ring substituents is 1. The van der Waals surface area contributed by atoms with Crippen molar-refractivity contribution < 1.29 is 28.3 Å². The molecular formula is C36H28Cl3N3O8S. The molecule has 0 amide bonds. The number of nitrogens with zero attached hydrogens (tertiary/aromatic N) is 3. The number of aromatic nitrogens is 1. The summed E-state index contributed by atoms with van der Waals surface area (Å²) in [5.74, 6) is 0.696. The van der Waals surface area contributed by atoms with Gasteiger partial charge in [0.2, 0.25) is 0 Å². The molecular weight excluding hydrogens is 741 g/mol. The standard InChI is InChI=1S/C36H28Cl3N3O8S/c1-4-47-30-14-20(6-11-28(30)49-18-21-7-8-22(37)16-26(21)39)15-31-34(43)41-33(32(35(44)48-5-2)19(3)40-36(41)51-31)29-13-12-27(50-29)24-17-23(42(45)46)9-10-25(24)38/h6-17,33H,4-5,18H2,1-3H3/b31-15-/t33-/m1/s1. The van der Waals surface area contributed by atoms with Crippen LogP contribution in [0.2, 0.25) is 15.1 Å². The van der Waals surface area contributed by atoms with Crippen molar-refractivity contribution in [2.45, 2.75) is 33.4 Å². The van der Waals surface area contributed by atoms with Gasteiger partial charge in [0.1, 0.15) is 24.2 Å². The Balaban J connectivity index is 1.41. The largest absolute Gasteiger partial charge is 0.490 e. The summed E-state index contributed by atoms with van der Waals surface area (Å²) in [5.41, 5.74) is 1.52. The minimum absolute atomic E-state index is 0.0913. The van der Waals surface area contributed by atoms with Crippen LogP contribution in [0.15, 0.2) is 92.2 Å². The molecule has 0 unspecified atom stereocenters. The number of fused-ring (bicyclic) bond motifs is 1. The van der Waals surface area contributed by atoms with Gasteiger partial charge in [0.15, 0.2) is 16.3 Å². The van der Waals surface area contributed by atoms with Crippen molar-refractivity contribution >= 4 is 63.9 Å². The number of allylic oxidation sites excluding steroid dienone is 1. The minimum Gasteiger partial charge on any atom is -0.490 e. The van der Waals surface area contributed by atoms with Crippen LogP contribution in [0.25, 0.3) is 17.4 Å². The summed E-state index contributed by atoms with van der Waals surface area (Å²) in [6, 6.07) is 16.5. The molecule has 0 saturated heterocycles. The Bertz CT molecular complexity index is 2400. The molecule has 0 saturated carbocycles. The first-order valence-electron chi connectivity index (χ1n) is 15.6. The van der Waals surface area contributed by atoms with Gasteiger partial charge in [-0.05, 0) is 74.9 Å². The fraction of sp³-hybridized carbons (Fsp3) is 0.194. The number of hydrogen-bond donors (Lipinski definition) is 0. The van der Waals surface area contributed by atoms with Gasteiger partial charge in [0.05, 0.1) is 39.0 Å². The van der Waals surface area contributed by atoms with E-state index in [0.29, 0.717) is 48.7 Å². The second-order valence-corrected chi connectivity index (χ2v) is 13.3. The van der Waals surface area contributed by atoms with E-state index in [9.17, 15) is 19.7 Å².